The molecule has 2 atom stereocenters. The molecule has 0 aromatic heterocycles. The summed E-state index contributed by atoms with van der Waals surface area (Å²) in [6.45, 7) is 9.66. The minimum absolute atomic E-state index is 0.172. The van der Waals surface area contributed by atoms with Crippen LogP contribution in [0.2, 0.25) is 0 Å². The maximum Gasteiger partial charge on any atom is 0.308 e. The molecule has 2 aliphatic heterocycles. The van der Waals surface area contributed by atoms with Crippen LogP contribution in [0.3, 0.4) is 0 Å². The lowest BCUT2D eigenvalue weighted by atomic mass is 9.79. The molecule has 3 aromatic carbocycles. The Morgan fingerprint density at radius 1 is 0.971 bits per heavy atom. The first-order valence-electron chi connectivity index (χ1n) is 12.1. The smallest absolute Gasteiger partial charge is 0.308 e. The Labute approximate surface area is 206 Å². The van der Waals surface area contributed by atoms with Crippen molar-refractivity contribution in [2.75, 3.05) is 0 Å². The zero-order valence-corrected chi connectivity index (χ0v) is 20.9. The number of hydrogen-bond acceptors (Lipinski definition) is 5. The van der Waals surface area contributed by atoms with Crippen LogP contribution < -0.4 is 9.47 Å². The molecule has 5 nitrogen and oxygen atoms in total. The first kappa shape index (κ1) is 23.2. The number of hydrogen-bond donors (Lipinski definition) is 0. The molecule has 0 spiro atoms. The van der Waals surface area contributed by atoms with Gasteiger partial charge in [0.15, 0.2) is 6.10 Å². The molecule has 180 valence electrons. The summed E-state index contributed by atoms with van der Waals surface area (Å²) in [5, 5.41) is 4.67. The van der Waals surface area contributed by atoms with E-state index < -0.39 is 0 Å². The van der Waals surface area contributed by atoms with Crippen LogP contribution in [0.5, 0.6) is 11.5 Å². The lowest BCUT2D eigenvalue weighted by molar-refractivity contribution is -0.131. The molecule has 0 fully saturated rings. The SMILES string of the molecule is CC(=O)Oc1c(C)c(C)c2c(c1C1=NO[C@@H](c3ccccc3)[C@@H]1c1ccccc1)CCC(C)(C)O2. The van der Waals surface area contributed by atoms with Crippen LogP contribution in [0.4, 0.5) is 0 Å². The highest BCUT2D eigenvalue weighted by Gasteiger charge is 2.42. The molecule has 5 rings (SSSR count). The van der Waals surface area contributed by atoms with Crippen molar-refractivity contribution in [3.63, 3.8) is 0 Å². The Bertz CT molecular complexity index is 1300. The number of esters is 1. The number of nitrogens with zero attached hydrogens (tertiary/aromatic N) is 1. The van der Waals surface area contributed by atoms with Crippen molar-refractivity contribution < 1.29 is 19.1 Å². The van der Waals surface area contributed by atoms with E-state index >= 15 is 0 Å². The summed E-state index contributed by atoms with van der Waals surface area (Å²) < 4.78 is 12.4. The van der Waals surface area contributed by atoms with Crippen LogP contribution in [0.15, 0.2) is 65.8 Å². The third-order valence-corrected chi connectivity index (χ3v) is 7.05. The summed E-state index contributed by atoms with van der Waals surface area (Å²) in [4.78, 5) is 18.4. The van der Waals surface area contributed by atoms with E-state index in [0.29, 0.717) is 5.75 Å². The van der Waals surface area contributed by atoms with Crippen LogP contribution in [0.25, 0.3) is 0 Å². The molecule has 0 unspecified atom stereocenters. The molecule has 0 saturated carbocycles. The highest BCUT2D eigenvalue weighted by atomic mass is 16.6. The van der Waals surface area contributed by atoms with Gasteiger partial charge >= 0.3 is 5.97 Å². The number of carbonyl (C=O) groups excluding carboxylic acids is 1. The van der Waals surface area contributed by atoms with Crippen molar-refractivity contribution in [3.8, 4) is 11.5 Å². The van der Waals surface area contributed by atoms with E-state index in [0.717, 1.165) is 57.7 Å². The molecule has 0 N–H and O–H groups in total. The lowest BCUT2D eigenvalue weighted by Crippen LogP contribution is -2.34. The second kappa shape index (κ2) is 8.88. The van der Waals surface area contributed by atoms with E-state index in [-0.39, 0.29) is 23.6 Å². The molecule has 5 heteroatoms. The van der Waals surface area contributed by atoms with Crippen molar-refractivity contribution in [3.05, 3.63) is 94.0 Å². The molecule has 2 aliphatic rings. The number of ether oxygens (including phenoxy) is 2. The zero-order chi connectivity index (χ0) is 24.7. The summed E-state index contributed by atoms with van der Waals surface area (Å²) >= 11 is 0. The van der Waals surface area contributed by atoms with E-state index in [1.54, 1.807) is 0 Å². The molecular formula is C30H31NO4. The molecule has 0 aliphatic carbocycles. The topological polar surface area (TPSA) is 57.1 Å². The Morgan fingerprint density at radius 2 is 1.60 bits per heavy atom. The van der Waals surface area contributed by atoms with Gasteiger partial charge in [0.05, 0.1) is 11.5 Å². The highest BCUT2D eigenvalue weighted by Crippen LogP contribution is 2.49. The van der Waals surface area contributed by atoms with Crippen LogP contribution >= 0.6 is 0 Å². The predicted octanol–water partition coefficient (Wildman–Crippen LogP) is 6.59. The van der Waals surface area contributed by atoms with Crippen molar-refractivity contribution >= 4 is 11.7 Å². The van der Waals surface area contributed by atoms with Gasteiger partial charge in [-0.1, -0.05) is 65.8 Å². The van der Waals surface area contributed by atoms with Gasteiger partial charge in [-0.05, 0) is 62.8 Å². The Hall–Kier alpha value is -3.60. The van der Waals surface area contributed by atoms with Crippen LogP contribution in [-0.2, 0) is 16.1 Å². The van der Waals surface area contributed by atoms with E-state index in [4.69, 9.17) is 14.3 Å². The van der Waals surface area contributed by atoms with Gasteiger partial charge in [0.25, 0.3) is 0 Å². The summed E-state index contributed by atoms with van der Waals surface area (Å²) in [5.74, 6) is 0.881. The molecule has 0 radical (unpaired) electrons. The number of fused-ring (bicyclic) bond motifs is 1. The van der Waals surface area contributed by atoms with E-state index in [2.05, 4.69) is 43.3 Å². The Balaban J connectivity index is 1.74. The first-order valence-corrected chi connectivity index (χ1v) is 12.1. The van der Waals surface area contributed by atoms with Gasteiger partial charge in [0, 0.05) is 12.5 Å². The van der Waals surface area contributed by atoms with Crippen LogP contribution in [-0.4, -0.2) is 17.3 Å². The fraction of sp³-hybridized carbons (Fsp3) is 0.333. The van der Waals surface area contributed by atoms with Crippen molar-refractivity contribution in [1.29, 1.82) is 0 Å². The Morgan fingerprint density at radius 3 is 2.23 bits per heavy atom. The van der Waals surface area contributed by atoms with E-state index in [1.807, 2.05) is 50.2 Å². The van der Waals surface area contributed by atoms with Gasteiger partial charge in [-0.15, -0.1) is 0 Å². The summed E-state index contributed by atoms with van der Waals surface area (Å²) in [7, 11) is 0. The fourth-order valence-corrected chi connectivity index (χ4v) is 5.14. The molecule has 2 heterocycles. The summed E-state index contributed by atoms with van der Waals surface area (Å²) in [6.07, 6.45) is 1.35. The third-order valence-electron chi connectivity index (χ3n) is 7.05. The minimum Gasteiger partial charge on any atom is -0.487 e. The predicted molar refractivity (Wildman–Crippen MR) is 136 cm³/mol. The third kappa shape index (κ3) is 4.20. The van der Waals surface area contributed by atoms with Crippen LogP contribution in [0.1, 0.15) is 72.6 Å². The average Bonchev–Trinajstić information content (AvgIpc) is 3.28. The number of rotatable bonds is 4. The maximum atomic E-state index is 12.2. The highest BCUT2D eigenvalue weighted by molar-refractivity contribution is 6.10. The van der Waals surface area contributed by atoms with Crippen molar-refractivity contribution in [2.45, 2.75) is 65.1 Å². The lowest BCUT2D eigenvalue weighted by Gasteiger charge is -2.36. The first-order chi connectivity index (χ1) is 16.8. The average molecular weight is 470 g/mol. The van der Waals surface area contributed by atoms with Crippen LogP contribution in [0, 0.1) is 13.8 Å². The summed E-state index contributed by atoms with van der Waals surface area (Å²) in [6, 6.07) is 20.4. The van der Waals surface area contributed by atoms with Crippen molar-refractivity contribution in [1.82, 2.24) is 0 Å². The maximum absolute atomic E-state index is 12.2. The van der Waals surface area contributed by atoms with Gasteiger partial charge < -0.3 is 14.3 Å². The Kier molecular flexibility index (Phi) is 5.87. The standard InChI is InChI=1S/C30H31NO4/c1-18-19(2)28(33-20(3)32)25(23-16-17-30(4,5)34-27(18)23)26-24(21-12-8-6-9-13-21)29(35-31-26)22-14-10-7-11-15-22/h6-15,24,29H,16-17H2,1-5H3/t24-,29+/m1/s1. The molecular weight excluding hydrogens is 438 g/mol. The normalized spacial score (nSPS) is 20.3. The van der Waals surface area contributed by atoms with Crippen molar-refractivity contribution in [2.24, 2.45) is 5.16 Å². The van der Waals surface area contributed by atoms with E-state index in [9.17, 15) is 4.79 Å². The number of oxime groups is 1. The monoisotopic (exact) mass is 469 g/mol. The molecule has 0 bridgehead atoms. The molecule has 0 saturated heterocycles. The van der Waals surface area contributed by atoms with Gasteiger partial charge in [0.2, 0.25) is 0 Å². The van der Waals surface area contributed by atoms with Gasteiger partial charge in [-0.2, -0.15) is 0 Å². The zero-order valence-electron chi connectivity index (χ0n) is 20.9. The second-order valence-electron chi connectivity index (χ2n) is 10.0. The fourth-order valence-electron chi connectivity index (χ4n) is 5.14. The number of carbonyl (C=O) groups is 1. The number of benzene rings is 3. The minimum atomic E-state index is -0.360. The van der Waals surface area contributed by atoms with Gasteiger partial charge in [-0.25, -0.2) is 0 Å². The van der Waals surface area contributed by atoms with Gasteiger partial charge in [-0.3, -0.25) is 4.79 Å². The summed E-state index contributed by atoms with van der Waals surface area (Å²) in [5.41, 5.74) is 6.35. The van der Waals surface area contributed by atoms with Gasteiger partial charge in [0.1, 0.15) is 22.8 Å². The molecule has 3 aromatic rings. The molecule has 0 amide bonds. The quantitative estimate of drug-likeness (QED) is 0.319. The largest absolute Gasteiger partial charge is 0.487 e. The second-order valence-corrected chi connectivity index (χ2v) is 10.0. The molecule has 35 heavy (non-hydrogen) atoms. The van der Waals surface area contributed by atoms with E-state index in [1.165, 1.54) is 6.92 Å².